The number of pyridine rings is 1. The molecule has 1 aromatic heterocycles. The van der Waals surface area contributed by atoms with Crippen LogP contribution in [0.2, 0.25) is 5.15 Å². The van der Waals surface area contributed by atoms with Gasteiger partial charge in [0, 0.05) is 24.3 Å². The zero-order chi connectivity index (χ0) is 12.8. The van der Waals surface area contributed by atoms with Crippen molar-refractivity contribution in [2.45, 2.75) is 6.42 Å². The molecule has 0 saturated heterocycles. The number of nitrogens with zero attached hydrogens (tertiary/aromatic N) is 2. The molecule has 0 unspecified atom stereocenters. The standard InChI is InChI=1S/C11H15BrClN3O/c1-14-4-3-5-16(2)11(17)9-6-8(12)7-15-10(9)13/h6-7,14H,3-5H2,1-2H3. The Hall–Kier alpha value is -0.650. The molecule has 0 saturated carbocycles. The molecule has 0 spiro atoms. The number of nitrogens with one attached hydrogen (secondary N) is 1. The zero-order valence-electron chi connectivity index (χ0n) is 9.83. The maximum Gasteiger partial charge on any atom is 0.256 e. The van der Waals surface area contributed by atoms with Gasteiger partial charge in [0.2, 0.25) is 0 Å². The van der Waals surface area contributed by atoms with Gasteiger partial charge in [0.05, 0.1) is 5.56 Å². The fourth-order valence-electron chi connectivity index (χ4n) is 1.37. The highest BCUT2D eigenvalue weighted by molar-refractivity contribution is 9.10. The Morgan fingerprint density at radius 3 is 3.00 bits per heavy atom. The minimum absolute atomic E-state index is 0.111. The fourth-order valence-corrected chi connectivity index (χ4v) is 1.89. The van der Waals surface area contributed by atoms with Crippen LogP contribution in [0.15, 0.2) is 16.7 Å². The molecular formula is C11H15BrClN3O. The van der Waals surface area contributed by atoms with Crippen molar-refractivity contribution in [3.8, 4) is 0 Å². The van der Waals surface area contributed by atoms with Crippen molar-refractivity contribution in [3.63, 3.8) is 0 Å². The topological polar surface area (TPSA) is 45.2 Å². The van der Waals surface area contributed by atoms with Crippen molar-refractivity contribution in [3.05, 3.63) is 27.5 Å². The molecule has 0 aromatic carbocycles. The van der Waals surface area contributed by atoms with E-state index < -0.39 is 0 Å². The summed E-state index contributed by atoms with van der Waals surface area (Å²) in [5.74, 6) is -0.111. The molecule has 0 bridgehead atoms. The van der Waals surface area contributed by atoms with E-state index in [-0.39, 0.29) is 11.1 Å². The summed E-state index contributed by atoms with van der Waals surface area (Å²) in [5.41, 5.74) is 0.424. The van der Waals surface area contributed by atoms with Gasteiger partial charge in [-0.05, 0) is 42.0 Å². The first-order chi connectivity index (χ1) is 8.06. The quantitative estimate of drug-likeness (QED) is 0.668. The van der Waals surface area contributed by atoms with E-state index in [9.17, 15) is 4.79 Å². The number of amides is 1. The van der Waals surface area contributed by atoms with Crippen LogP contribution in [0.5, 0.6) is 0 Å². The molecule has 0 atom stereocenters. The van der Waals surface area contributed by atoms with Crippen LogP contribution in [0.25, 0.3) is 0 Å². The summed E-state index contributed by atoms with van der Waals surface area (Å²) in [7, 11) is 3.64. The van der Waals surface area contributed by atoms with Gasteiger partial charge in [0.15, 0.2) is 0 Å². The molecule has 4 nitrogen and oxygen atoms in total. The first kappa shape index (κ1) is 14.4. The Kier molecular flexibility index (Phi) is 5.88. The third kappa shape index (κ3) is 4.26. The molecule has 0 radical (unpaired) electrons. The minimum Gasteiger partial charge on any atom is -0.342 e. The average Bonchev–Trinajstić information content (AvgIpc) is 2.31. The predicted octanol–water partition coefficient (Wildman–Crippen LogP) is 2.18. The van der Waals surface area contributed by atoms with Gasteiger partial charge in [-0.25, -0.2) is 4.98 Å². The predicted molar refractivity (Wildman–Crippen MR) is 72.5 cm³/mol. The van der Waals surface area contributed by atoms with E-state index >= 15 is 0 Å². The van der Waals surface area contributed by atoms with Gasteiger partial charge < -0.3 is 10.2 Å². The van der Waals surface area contributed by atoms with Crippen LogP contribution in [0.4, 0.5) is 0 Å². The Morgan fingerprint density at radius 1 is 1.65 bits per heavy atom. The van der Waals surface area contributed by atoms with Gasteiger partial charge in [-0.15, -0.1) is 0 Å². The van der Waals surface area contributed by atoms with Crippen molar-refractivity contribution >= 4 is 33.4 Å². The Labute approximate surface area is 114 Å². The van der Waals surface area contributed by atoms with E-state index in [4.69, 9.17) is 11.6 Å². The summed E-state index contributed by atoms with van der Waals surface area (Å²) in [6.07, 6.45) is 2.47. The number of halogens is 2. The molecule has 0 aliphatic heterocycles. The van der Waals surface area contributed by atoms with E-state index in [0.29, 0.717) is 12.1 Å². The van der Waals surface area contributed by atoms with Crippen LogP contribution in [0, 0.1) is 0 Å². The number of hydrogen-bond acceptors (Lipinski definition) is 3. The third-order valence-electron chi connectivity index (χ3n) is 2.30. The molecule has 0 aliphatic rings. The molecule has 1 rings (SSSR count). The summed E-state index contributed by atoms with van der Waals surface area (Å²) in [5, 5.41) is 3.27. The second-order valence-corrected chi connectivity index (χ2v) is 4.95. The van der Waals surface area contributed by atoms with Crippen LogP contribution in [-0.4, -0.2) is 43.0 Å². The fraction of sp³-hybridized carbons (Fsp3) is 0.455. The van der Waals surface area contributed by atoms with Crippen LogP contribution in [0.3, 0.4) is 0 Å². The molecule has 17 heavy (non-hydrogen) atoms. The Balaban J connectivity index is 2.71. The molecule has 0 fully saturated rings. The molecule has 1 N–H and O–H groups in total. The minimum atomic E-state index is -0.111. The normalized spacial score (nSPS) is 10.4. The van der Waals surface area contributed by atoms with Gasteiger partial charge in [-0.1, -0.05) is 11.6 Å². The molecule has 1 heterocycles. The summed E-state index contributed by atoms with van der Waals surface area (Å²) in [6, 6.07) is 1.69. The van der Waals surface area contributed by atoms with Gasteiger partial charge in [0.1, 0.15) is 5.15 Å². The molecule has 1 amide bonds. The lowest BCUT2D eigenvalue weighted by molar-refractivity contribution is 0.0793. The van der Waals surface area contributed by atoms with Crippen molar-refractivity contribution in [1.82, 2.24) is 15.2 Å². The second-order valence-electron chi connectivity index (χ2n) is 3.68. The van der Waals surface area contributed by atoms with Gasteiger partial charge in [0.25, 0.3) is 5.91 Å². The molecule has 94 valence electrons. The highest BCUT2D eigenvalue weighted by Gasteiger charge is 2.15. The molecule has 1 aromatic rings. The Morgan fingerprint density at radius 2 is 2.35 bits per heavy atom. The van der Waals surface area contributed by atoms with E-state index in [0.717, 1.165) is 17.4 Å². The van der Waals surface area contributed by atoms with Crippen molar-refractivity contribution in [1.29, 1.82) is 0 Å². The average molecular weight is 321 g/mol. The SMILES string of the molecule is CNCCCN(C)C(=O)c1cc(Br)cnc1Cl. The summed E-state index contributed by atoms with van der Waals surface area (Å²) in [4.78, 5) is 17.7. The first-order valence-electron chi connectivity index (χ1n) is 5.27. The lowest BCUT2D eigenvalue weighted by atomic mass is 10.2. The summed E-state index contributed by atoms with van der Waals surface area (Å²) < 4.78 is 0.744. The van der Waals surface area contributed by atoms with Crippen LogP contribution in [-0.2, 0) is 0 Å². The lowest BCUT2D eigenvalue weighted by Gasteiger charge is -2.17. The third-order valence-corrected chi connectivity index (χ3v) is 3.04. The van der Waals surface area contributed by atoms with Crippen LogP contribution < -0.4 is 5.32 Å². The number of carbonyl (C=O) groups is 1. The van der Waals surface area contributed by atoms with Gasteiger partial charge >= 0.3 is 0 Å². The van der Waals surface area contributed by atoms with Crippen LogP contribution in [0.1, 0.15) is 16.8 Å². The smallest absolute Gasteiger partial charge is 0.256 e. The maximum atomic E-state index is 12.1. The van der Waals surface area contributed by atoms with Crippen molar-refractivity contribution in [2.75, 3.05) is 27.2 Å². The number of aromatic nitrogens is 1. The van der Waals surface area contributed by atoms with Crippen molar-refractivity contribution < 1.29 is 4.79 Å². The van der Waals surface area contributed by atoms with Gasteiger partial charge in [-0.3, -0.25) is 4.79 Å². The zero-order valence-corrected chi connectivity index (χ0v) is 12.2. The highest BCUT2D eigenvalue weighted by Crippen LogP contribution is 2.19. The van der Waals surface area contributed by atoms with Crippen LogP contribution >= 0.6 is 27.5 Å². The summed E-state index contributed by atoms with van der Waals surface area (Å²) in [6.45, 7) is 1.56. The van der Waals surface area contributed by atoms with E-state index in [2.05, 4.69) is 26.2 Å². The number of hydrogen-bond donors (Lipinski definition) is 1. The number of carbonyl (C=O) groups excluding carboxylic acids is 1. The van der Waals surface area contributed by atoms with Crippen molar-refractivity contribution in [2.24, 2.45) is 0 Å². The van der Waals surface area contributed by atoms with E-state index in [1.807, 2.05) is 7.05 Å². The highest BCUT2D eigenvalue weighted by atomic mass is 79.9. The monoisotopic (exact) mass is 319 g/mol. The molecule has 0 aliphatic carbocycles. The van der Waals surface area contributed by atoms with E-state index in [1.54, 1.807) is 24.2 Å². The maximum absolute atomic E-state index is 12.1. The molecular weight excluding hydrogens is 305 g/mol. The summed E-state index contributed by atoms with van der Waals surface area (Å²) >= 11 is 9.18. The number of rotatable bonds is 5. The first-order valence-corrected chi connectivity index (χ1v) is 6.44. The lowest BCUT2D eigenvalue weighted by Crippen LogP contribution is -2.29. The molecule has 6 heteroatoms. The van der Waals surface area contributed by atoms with E-state index in [1.165, 1.54) is 0 Å². The van der Waals surface area contributed by atoms with Gasteiger partial charge in [-0.2, -0.15) is 0 Å². The largest absolute Gasteiger partial charge is 0.342 e. The Bertz CT molecular complexity index is 400. The second kappa shape index (κ2) is 6.93.